The quantitative estimate of drug-likeness (QED) is 0.714. The summed E-state index contributed by atoms with van der Waals surface area (Å²) >= 11 is 0. The third-order valence-corrected chi connectivity index (χ3v) is 4.35. The number of allylic oxidation sites excluding steroid dienone is 2. The van der Waals surface area contributed by atoms with Crippen LogP contribution in [0.15, 0.2) is 23.3 Å². The Morgan fingerprint density at radius 3 is 2.16 bits per heavy atom. The van der Waals surface area contributed by atoms with Gasteiger partial charge in [-0.2, -0.15) is 0 Å². The molecule has 2 aliphatic rings. The first-order chi connectivity index (χ1) is 8.62. The number of hydrogen-bond donors (Lipinski definition) is 0. The number of hydrogen-bond acceptors (Lipinski definition) is 3. The fourth-order valence-corrected chi connectivity index (χ4v) is 2.33. The molecule has 0 bridgehead atoms. The molecular formula is C15H26BNO2. The Bertz CT molecular complexity index is 408. The maximum absolute atomic E-state index is 6.12. The van der Waals surface area contributed by atoms with Crippen LogP contribution >= 0.6 is 0 Å². The Balaban J connectivity index is 2.23. The van der Waals surface area contributed by atoms with Crippen molar-refractivity contribution in [3.63, 3.8) is 0 Å². The number of nitrogens with zero attached hydrogens (tertiary/aromatic N) is 1. The average molecular weight is 263 g/mol. The molecule has 0 amide bonds. The topological polar surface area (TPSA) is 21.7 Å². The highest BCUT2D eigenvalue weighted by Gasteiger charge is 2.52. The van der Waals surface area contributed by atoms with Crippen LogP contribution in [0.2, 0.25) is 0 Å². The summed E-state index contributed by atoms with van der Waals surface area (Å²) in [6, 6.07) is 0.487. The molecule has 0 aromatic carbocycles. The molecule has 0 atom stereocenters. The van der Waals surface area contributed by atoms with Crippen LogP contribution in [0.1, 0.15) is 48.5 Å². The fraction of sp³-hybridized carbons (Fsp3) is 0.733. The molecule has 0 N–H and O–H groups in total. The zero-order chi connectivity index (χ0) is 14.4. The van der Waals surface area contributed by atoms with E-state index >= 15 is 0 Å². The lowest BCUT2D eigenvalue weighted by Gasteiger charge is -2.32. The highest BCUT2D eigenvalue weighted by molar-refractivity contribution is 6.55. The SMILES string of the molecule is CC1=CC(B2OC(C)(C)C(C)(C)O2)=CN(C(C)C)C1. The smallest absolute Gasteiger partial charge is 0.399 e. The monoisotopic (exact) mass is 263 g/mol. The van der Waals surface area contributed by atoms with E-state index in [-0.39, 0.29) is 18.3 Å². The predicted octanol–water partition coefficient (Wildman–Crippen LogP) is 3.17. The summed E-state index contributed by atoms with van der Waals surface area (Å²) in [6.07, 6.45) is 4.38. The van der Waals surface area contributed by atoms with Crippen LogP contribution in [0.3, 0.4) is 0 Å². The Labute approximate surface area is 117 Å². The first-order valence-corrected chi connectivity index (χ1v) is 7.13. The lowest BCUT2D eigenvalue weighted by molar-refractivity contribution is 0.00578. The minimum Gasteiger partial charge on any atom is -0.399 e. The summed E-state index contributed by atoms with van der Waals surface area (Å²) in [5, 5.41) is 0. The van der Waals surface area contributed by atoms with Gasteiger partial charge in [0.05, 0.1) is 11.2 Å². The van der Waals surface area contributed by atoms with E-state index in [2.05, 4.69) is 65.6 Å². The zero-order valence-corrected chi connectivity index (χ0v) is 13.3. The normalized spacial score (nSPS) is 25.7. The second kappa shape index (κ2) is 4.67. The van der Waals surface area contributed by atoms with Crippen molar-refractivity contribution in [3.05, 3.63) is 23.3 Å². The van der Waals surface area contributed by atoms with E-state index in [4.69, 9.17) is 9.31 Å². The van der Waals surface area contributed by atoms with Crippen LogP contribution < -0.4 is 0 Å². The molecule has 2 aliphatic heterocycles. The molecule has 1 saturated heterocycles. The van der Waals surface area contributed by atoms with Gasteiger partial charge in [0.25, 0.3) is 0 Å². The van der Waals surface area contributed by atoms with E-state index < -0.39 is 0 Å². The molecule has 1 fully saturated rings. The van der Waals surface area contributed by atoms with Crippen molar-refractivity contribution in [3.8, 4) is 0 Å². The Kier molecular flexibility index (Phi) is 3.61. The van der Waals surface area contributed by atoms with Crippen LogP contribution in [-0.4, -0.2) is 35.8 Å². The maximum atomic E-state index is 6.12. The summed E-state index contributed by atoms with van der Waals surface area (Å²) in [7, 11) is -0.263. The van der Waals surface area contributed by atoms with Crippen molar-refractivity contribution >= 4 is 7.12 Å². The van der Waals surface area contributed by atoms with Crippen molar-refractivity contribution in [1.29, 1.82) is 0 Å². The lowest BCUT2D eigenvalue weighted by Crippen LogP contribution is -2.41. The highest BCUT2D eigenvalue weighted by Crippen LogP contribution is 2.39. The van der Waals surface area contributed by atoms with E-state index in [0.29, 0.717) is 6.04 Å². The van der Waals surface area contributed by atoms with Gasteiger partial charge in [0.2, 0.25) is 0 Å². The first kappa shape index (κ1) is 14.7. The fourth-order valence-electron chi connectivity index (χ4n) is 2.33. The average Bonchev–Trinajstić information content (AvgIpc) is 2.47. The second-order valence-electron chi connectivity index (χ2n) is 6.97. The Morgan fingerprint density at radius 1 is 1.16 bits per heavy atom. The molecule has 19 heavy (non-hydrogen) atoms. The first-order valence-electron chi connectivity index (χ1n) is 7.13. The van der Waals surface area contributed by atoms with Gasteiger partial charge in [-0.25, -0.2) is 0 Å². The Morgan fingerprint density at radius 2 is 1.68 bits per heavy atom. The summed E-state index contributed by atoms with van der Waals surface area (Å²) in [4.78, 5) is 2.33. The molecule has 0 aliphatic carbocycles. The predicted molar refractivity (Wildman–Crippen MR) is 79.8 cm³/mol. The van der Waals surface area contributed by atoms with Crippen molar-refractivity contribution in [1.82, 2.24) is 4.90 Å². The molecule has 0 spiro atoms. The van der Waals surface area contributed by atoms with Gasteiger partial charge >= 0.3 is 7.12 Å². The molecule has 0 unspecified atom stereocenters. The minimum absolute atomic E-state index is 0.263. The van der Waals surface area contributed by atoms with E-state index in [1.807, 2.05) is 0 Å². The van der Waals surface area contributed by atoms with Gasteiger partial charge in [0.15, 0.2) is 0 Å². The standard InChI is InChI=1S/C15H26BNO2/c1-11(2)17-9-12(3)8-13(10-17)16-18-14(4,5)15(6,7)19-16/h8,10-11H,9H2,1-7H3. The Hall–Kier alpha value is -0.735. The number of rotatable bonds is 2. The molecular weight excluding hydrogens is 237 g/mol. The molecule has 0 aromatic heterocycles. The van der Waals surface area contributed by atoms with Gasteiger partial charge in [-0.05, 0) is 60.1 Å². The molecule has 4 heteroatoms. The van der Waals surface area contributed by atoms with Crippen LogP contribution in [0, 0.1) is 0 Å². The van der Waals surface area contributed by atoms with Crippen LogP contribution in [0.5, 0.6) is 0 Å². The largest absolute Gasteiger partial charge is 0.496 e. The molecule has 0 radical (unpaired) electrons. The van der Waals surface area contributed by atoms with E-state index in [1.165, 1.54) is 5.57 Å². The third-order valence-electron chi connectivity index (χ3n) is 4.35. The van der Waals surface area contributed by atoms with Gasteiger partial charge in [0.1, 0.15) is 0 Å². The van der Waals surface area contributed by atoms with Gasteiger partial charge in [-0.3, -0.25) is 0 Å². The van der Waals surface area contributed by atoms with E-state index in [9.17, 15) is 0 Å². The van der Waals surface area contributed by atoms with Gasteiger partial charge < -0.3 is 14.2 Å². The molecule has 3 nitrogen and oxygen atoms in total. The maximum Gasteiger partial charge on any atom is 0.496 e. The van der Waals surface area contributed by atoms with Crippen molar-refractivity contribution in [2.45, 2.75) is 65.7 Å². The van der Waals surface area contributed by atoms with E-state index in [1.54, 1.807) is 0 Å². The molecule has 0 saturated carbocycles. The van der Waals surface area contributed by atoms with Crippen LogP contribution in [-0.2, 0) is 9.31 Å². The minimum atomic E-state index is -0.277. The summed E-state index contributed by atoms with van der Waals surface area (Å²) in [6.45, 7) is 15.9. The van der Waals surface area contributed by atoms with E-state index in [0.717, 1.165) is 12.0 Å². The van der Waals surface area contributed by atoms with Gasteiger partial charge in [-0.1, -0.05) is 11.6 Å². The summed E-state index contributed by atoms with van der Waals surface area (Å²) in [5.74, 6) is 0. The van der Waals surface area contributed by atoms with Gasteiger partial charge in [0, 0.05) is 12.6 Å². The molecule has 0 aromatic rings. The van der Waals surface area contributed by atoms with Crippen molar-refractivity contribution in [2.75, 3.05) is 6.54 Å². The second-order valence-corrected chi connectivity index (χ2v) is 6.97. The van der Waals surface area contributed by atoms with Crippen LogP contribution in [0.4, 0.5) is 0 Å². The van der Waals surface area contributed by atoms with Gasteiger partial charge in [-0.15, -0.1) is 0 Å². The lowest BCUT2D eigenvalue weighted by atomic mass is 9.76. The molecule has 2 heterocycles. The highest BCUT2D eigenvalue weighted by atomic mass is 16.7. The molecule has 106 valence electrons. The van der Waals surface area contributed by atoms with Crippen LogP contribution in [0.25, 0.3) is 0 Å². The van der Waals surface area contributed by atoms with Crippen molar-refractivity contribution in [2.24, 2.45) is 0 Å². The zero-order valence-electron chi connectivity index (χ0n) is 13.3. The van der Waals surface area contributed by atoms with Crippen molar-refractivity contribution < 1.29 is 9.31 Å². The summed E-state index contributed by atoms with van der Waals surface area (Å²) < 4.78 is 12.2. The third kappa shape index (κ3) is 2.75. The molecule has 2 rings (SSSR count). The summed E-state index contributed by atoms with van der Waals surface area (Å²) in [5.41, 5.74) is 1.91.